The van der Waals surface area contributed by atoms with E-state index in [2.05, 4.69) is 10.1 Å². The van der Waals surface area contributed by atoms with Crippen LogP contribution in [-0.4, -0.2) is 40.1 Å². The minimum absolute atomic E-state index is 0.0350. The lowest BCUT2D eigenvalue weighted by molar-refractivity contribution is -0.0300. The number of aryl methyl sites for hydroxylation is 2. The summed E-state index contributed by atoms with van der Waals surface area (Å²) in [5.41, 5.74) is 1.40. The molecule has 0 unspecified atom stereocenters. The summed E-state index contributed by atoms with van der Waals surface area (Å²) < 4.78 is 12.7. The zero-order valence-electron chi connectivity index (χ0n) is 13.5. The van der Waals surface area contributed by atoms with Crippen molar-refractivity contribution in [1.29, 1.82) is 0 Å². The predicted octanol–water partition coefficient (Wildman–Crippen LogP) is 2.61. The van der Waals surface area contributed by atoms with E-state index in [9.17, 15) is 4.79 Å². The SMILES string of the molecule is Cc1nc(C)n(-c2ccc(C(=O)OC[C@H]3CCCCO3)cc2)n1. The van der Waals surface area contributed by atoms with E-state index in [1.165, 1.54) is 0 Å². The van der Waals surface area contributed by atoms with Gasteiger partial charge in [0, 0.05) is 6.61 Å². The molecule has 0 saturated carbocycles. The first-order chi connectivity index (χ1) is 11.1. The van der Waals surface area contributed by atoms with Gasteiger partial charge in [0.05, 0.1) is 17.4 Å². The molecule has 1 aliphatic rings. The Kier molecular flexibility index (Phi) is 4.71. The highest BCUT2D eigenvalue weighted by Crippen LogP contribution is 2.15. The first-order valence-corrected chi connectivity index (χ1v) is 7.93. The summed E-state index contributed by atoms with van der Waals surface area (Å²) in [5, 5.41) is 4.33. The fourth-order valence-electron chi connectivity index (χ4n) is 2.70. The Balaban J connectivity index is 1.62. The van der Waals surface area contributed by atoms with Crippen molar-refractivity contribution in [3.8, 4) is 5.69 Å². The van der Waals surface area contributed by atoms with Crippen molar-refractivity contribution < 1.29 is 14.3 Å². The van der Waals surface area contributed by atoms with Gasteiger partial charge in [-0.2, -0.15) is 5.10 Å². The average Bonchev–Trinajstić information content (AvgIpc) is 2.92. The second kappa shape index (κ2) is 6.91. The van der Waals surface area contributed by atoms with Crippen LogP contribution in [0.2, 0.25) is 0 Å². The topological polar surface area (TPSA) is 66.2 Å². The molecule has 2 aromatic rings. The van der Waals surface area contributed by atoms with Crippen molar-refractivity contribution in [2.45, 2.75) is 39.2 Å². The molecule has 0 radical (unpaired) electrons. The van der Waals surface area contributed by atoms with Gasteiger partial charge in [0.15, 0.2) is 0 Å². The van der Waals surface area contributed by atoms with Gasteiger partial charge in [-0.3, -0.25) is 0 Å². The summed E-state index contributed by atoms with van der Waals surface area (Å²) in [6.07, 6.45) is 3.21. The summed E-state index contributed by atoms with van der Waals surface area (Å²) >= 11 is 0. The van der Waals surface area contributed by atoms with Crippen molar-refractivity contribution in [1.82, 2.24) is 14.8 Å². The molecular weight excluding hydrogens is 294 g/mol. The van der Waals surface area contributed by atoms with Gasteiger partial charge in [0.2, 0.25) is 0 Å². The van der Waals surface area contributed by atoms with Gasteiger partial charge in [-0.15, -0.1) is 0 Å². The van der Waals surface area contributed by atoms with E-state index in [4.69, 9.17) is 9.47 Å². The van der Waals surface area contributed by atoms with Crippen molar-refractivity contribution in [2.24, 2.45) is 0 Å². The molecule has 6 heteroatoms. The summed E-state index contributed by atoms with van der Waals surface area (Å²) in [7, 11) is 0. The highest BCUT2D eigenvalue weighted by Gasteiger charge is 2.17. The van der Waals surface area contributed by atoms with E-state index in [0.717, 1.165) is 43.2 Å². The number of carbonyl (C=O) groups is 1. The zero-order valence-corrected chi connectivity index (χ0v) is 13.5. The predicted molar refractivity (Wildman–Crippen MR) is 84.7 cm³/mol. The minimum Gasteiger partial charge on any atom is -0.459 e. The Morgan fingerprint density at radius 2 is 2.09 bits per heavy atom. The maximum absolute atomic E-state index is 12.1. The van der Waals surface area contributed by atoms with E-state index >= 15 is 0 Å². The first kappa shape index (κ1) is 15.7. The van der Waals surface area contributed by atoms with Crippen LogP contribution in [0.3, 0.4) is 0 Å². The van der Waals surface area contributed by atoms with Crippen LogP contribution in [0.4, 0.5) is 0 Å². The Bertz CT molecular complexity index is 673. The Labute approximate surface area is 135 Å². The fourth-order valence-corrected chi connectivity index (χ4v) is 2.70. The number of carbonyl (C=O) groups excluding carboxylic acids is 1. The molecule has 122 valence electrons. The normalized spacial score (nSPS) is 17.9. The first-order valence-electron chi connectivity index (χ1n) is 7.93. The third kappa shape index (κ3) is 3.76. The van der Waals surface area contributed by atoms with Gasteiger partial charge < -0.3 is 9.47 Å². The molecule has 1 aromatic carbocycles. The Morgan fingerprint density at radius 1 is 1.30 bits per heavy atom. The maximum Gasteiger partial charge on any atom is 0.338 e. The molecule has 23 heavy (non-hydrogen) atoms. The van der Waals surface area contributed by atoms with E-state index in [0.29, 0.717) is 12.2 Å². The van der Waals surface area contributed by atoms with Crippen LogP contribution in [0.25, 0.3) is 5.69 Å². The van der Waals surface area contributed by atoms with E-state index in [1.807, 2.05) is 26.0 Å². The molecule has 2 heterocycles. The molecule has 1 atom stereocenters. The largest absolute Gasteiger partial charge is 0.459 e. The van der Waals surface area contributed by atoms with Gasteiger partial charge in [-0.1, -0.05) is 0 Å². The number of benzene rings is 1. The average molecular weight is 315 g/mol. The fraction of sp³-hybridized carbons (Fsp3) is 0.471. The van der Waals surface area contributed by atoms with Crippen molar-refractivity contribution in [3.63, 3.8) is 0 Å². The number of hydrogen-bond donors (Lipinski definition) is 0. The van der Waals surface area contributed by atoms with E-state index in [-0.39, 0.29) is 12.1 Å². The van der Waals surface area contributed by atoms with Gasteiger partial charge in [0.25, 0.3) is 0 Å². The number of ether oxygens (including phenoxy) is 2. The lowest BCUT2D eigenvalue weighted by Crippen LogP contribution is -2.25. The van der Waals surface area contributed by atoms with Crippen LogP contribution < -0.4 is 0 Å². The molecule has 0 spiro atoms. The molecule has 0 amide bonds. The minimum atomic E-state index is -0.322. The molecule has 1 aromatic heterocycles. The van der Waals surface area contributed by atoms with Crippen LogP contribution in [0.5, 0.6) is 0 Å². The highest BCUT2D eigenvalue weighted by molar-refractivity contribution is 5.89. The third-order valence-electron chi connectivity index (χ3n) is 3.90. The standard InChI is InChI=1S/C17H21N3O3/c1-12-18-13(2)20(19-12)15-8-6-14(7-9-15)17(21)23-11-16-5-3-4-10-22-16/h6-9,16H,3-5,10-11H2,1-2H3/t16-/m1/s1. The number of esters is 1. The second-order valence-electron chi connectivity index (χ2n) is 5.75. The molecule has 0 bridgehead atoms. The summed E-state index contributed by atoms with van der Waals surface area (Å²) in [4.78, 5) is 16.4. The van der Waals surface area contributed by atoms with Crippen molar-refractivity contribution in [3.05, 3.63) is 41.5 Å². The molecular formula is C17H21N3O3. The number of nitrogens with zero attached hydrogens (tertiary/aromatic N) is 3. The smallest absolute Gasteiger partial charge is 0.338 e. The van der Waals surface area contributed by atoms with E-state index < -0.39 is 0 Å². The maximum atomic E-state index is 12.1. The lowest BCUT2D eigenvalue weighted by Gasteiger charge is -2.22. The molecule has 0 aliphatic carbocycles. The Hall–Kier alpha value is -2.21. The number of aromatic nitrogens is 3. The van der Waals surface area contributed by atoms with E-state index in [1.54, 1.807) is 16.8 Å². The lowest BCUT2D eigenvalue weighted by atomic mass is 10.1. The van der Waals surface area contributed by atoms with Gasteiger partial charge in [-0.25, -0.2) is 14.5 Å². The molecule has 1 aliphatic heterocycles. The third-order valence-corrected chi connectivity index (χ3v) is 3.90. The quantitative estimate of drug-likeness (QED) is 0.811. The highest BCUT2D eigenvalue weighted by atomic mass is 16.6. The summed E-state index contributed by atoms with van der Waals surface area (Å²) in [6, 6.07) is 7.18. The number of hydrogen-bond acceptors (Lipinski definition) is 5. The van der Waals surface area contributed by atoms with Gasteiger partial charge >= 0.3 is 5.97 Å². The van der Waals surface area contributed by atoms with Crippen molar-refractivity contribution in [2.75, 3.05) is 13.2 Å². The summed E-state index contributed by atoms with van der Waals surface area (Å²) in [6.45, 7) is 4.82. The van der Waals surface area contributed by atoms with Crippen molar-refractivity contribution >= 4 is 5.97 Å². The van der Waals surface area contributed by atoms with Crippen LogP contribution in [-0.2, 0) is 9.47 Å². The second-order valence-corrected chi connectivity index (χ2v) is 5.75. The van der Waals surface area contributed by atoms with Crippen LogP contribution in [0.1, 0.15) is 41.3 Å². The number of rotatable bonds is 4. The molecule has 0 N–H and O–H groups in total. The Morgan fingerprint density at radius 3 is 2.70 bits per heavy atom. The van der Waals surface area contributed by atoms with Crippen LogP contribution in [0.15, 0.2) is 24.3 Å². The monoisotopic (exact) mass is 315 g/mol. The molecule has 1 fully saturated rings. The molecule has 6 nitrogen and oxygen atoms in total. The molecule has 1 saturated heterocycles. The molecule has 3 rings (SSSR count). The van der Waals surface area contributed by atoms with Crippen LogP contribution >= 0.6 is 0 Å². The zero-order chi connectivity index (χ0) is 16.2. The summed E-state index contributed by atoms with van der Waals surface area (Å²) in [5.74, 6) is 1.21. The van der Waals surface area contributed by atoms with Crippen LogP contribution in [0, 0.1) is 13.8 Å². The van der Waals surface area contributed by atoms with Gasteiger partial charge in [-0.05, 0) is 57.4 Å². The van der Waals surface area contributed by atoms with Gasteiger partial charge in [0.1, 0.15) is 18.3 Å².